The van der Waals surface area contributed by atoms with Crippen molar-refractivity contribution >= 4 is 90.3 Å². The molecule has 3 saturated heterocycles. The van der Waals surface area contributed by atoms with Gasteiger partial charge in [-0.2, -0.15) is 33.3 Å². The number of fused-ring (bicyclic) bond motifs is 1. The largest absolute Gasteiger partial charge is 0.490 e. The van der Waals surface area contributed by atoms with Gasteiger partial charge in [0, 0.05) is 55.9 Å². The van der Waals surface area contributed by atoms with Crippen LogP contribution in [0.5, 0.6) is 0 Å². The fraction of sp³-hybridized carbons (Fsp3) is 0.852. The minimum atomic E-state index is -6.43. The Labute approximate surface area is 377 Å². The quantitative estimate of drug-likeness (QED) is 0.0191. The van der Waals surface area contributed by atoms with E-state index in [0.717, 1.165) is 18.6 Å². The predicted molar refractivity (Wildman–Crippen MR) is 222 cm³/mol. The van der Waals surface area contributed by atoms with Crippen LogP contribution in [0.2, 0.25) is 0 Å². The molecular formula is C27H52BN5O25P6S. The van der Waals surface area contributed by atoms with Gasteiger partial charge in [-0.3, -0.25) is 23.4 Å². The molecule has 65 heavy (non-hydrogen) atoms. The summed E-state index contributed by atoms with van der Waals surface area (Å²) in [6.07, 6.45) is 1.04. The summed E-state index contributed by atoms with van der Waals surface area (Å²) in [5.41, 5.74) is 0. The first kappa shape index (κ1) is 58.2. The Morgan fingerprint density at radius 2 is 1.15 bits per heavy atom. The first-order valence-corrected chi connectivity index (χ1v) is 29.5. The lowest BCUT2D eigenvalue weighted by Gasteiger charge is -2.21. The van der Waals surface area contributed by atoms with E-state index in [-0.39, 0.29) is 69.3 Å². The fourth-order valence-electron chi connectivity index (χ4n) is 6.00. The Hall–Kier alpha value is -1.13. The number of thioether (sulfide) groups is 1. The molecule has 30 nitrogen and oxygen atoms in total. The summed E-state index contributed by atoms with van der Waals surface area (Å²) < 4.78 is 104. The van der Waals surface area contributed by atoms with Crippen molar-refractivity contribution in [1.82, 2.24) is 26.6 Å². The molecule has 0 aliphatic carbocycles. The Balaban J connectivity index is 1.20. The highest BCUT2D eigenvalue weighted by molar-refractivity contribution is 8.00. The van der Waals surface area contributed by atoms with Gasteiger partial charge in [0.25, 0.3) is 0 Å². The molecule has 0 saturated carbocycles. The second kappa shape index (κ2) is 26.2. The van der Waals surface area contributed by atoms with Gasteiger partial charge >= 0.3 is 53.0 Å². The van der Waals surface area contributed by atoms with Crippen molar-refractivity contribution in [2.45, 2.75) is 106 Å². The van der Waals surface area contributed by atoms with E-state index < -0.39 is 90.2 Å². The first-order valence-electron chi connectivity index (χ1n) is 19.5. The van der Waals surface area contributed by atoms with Crippen LogP contribution >= 0.6 is 58.7 Å². The molecule has 3 heterocycles. The van der Waals surface area contributed by atoms with Crippen LogP contribution in [0.25, 0.3) is 0 Å². The number of aliphatic hydroxyl groups is 1. The van der Waals surface area contributed by atoms with E-state index in [1.807, 2.05) is 11.8 Å². The summed E-state index contributed by atoms with van der Waals surface area (Å²) in [7, 11) is -31.2. The van der Waals surface area contributed by atoms with E-state index in [4.69, 9.17) is 12.6 Å². The maximum atomic E-state index is 12.1. The zero-order valence-corrected chi connectivity index (χ0v) is 40.3. The summed E-state index contributed by atoms with van der Waals surface area (Å²) in [6, 6.07) is -0.863. The third kappa shape index (κ3) is 23.8. The smallest absolute Gasteiger partial charge is 0.390 e. The SMILES string of the molecule is [B][C@H]1C[C@@H](O)C(COP(=O)(O)OP(=O)(O)OP(=O)(O)OP(=O)(O)OP(=O)(O)OP(=O)(O)OCCCCCCNC(=O)CCC(=O)NCCNC(=O)CCCC[C@@H]2SC[C@@H]3NC(=O)N[C@@H]32)O1. The number of amides is 5. The molecule has 38 heteroatoms. The van der Waals surface area contributed by atoms with E-state index in [9.17, 15) is 81.0 Å². The third-order valence-corrected chi connectivity index (χ3v) is 19.5. The summed E-state index contributed by atoms with van der Waals surface area (Å²) in [5.74, 6) is -0.0751. The number of hydrogen-bond donors (Lipinski definition) is 12. The van der Waals surface area contributed by atoms with Crippen LogP contribution in [-0.4, -0.2) is 140 Å². The van der Waals surface area contributed by atoms with Crippen molar-refractivity contribution in [2.75, 3.05) is 38.6 Å². The van der Waals surface area contributed by atoms with E-state index in [1.54, 1.807) is 0 Å². The molecule has 0 bridgehead atoms. The molecule has 7 unspecified atom stereocenters. The second-order valence-corrected chi connectivity index (χ2v) is 24.9. The van der Waals surface area contributed by atoms with Gasteiger partial charge < -0.3 is 65.8 Å². The first-order chi connectivity index (χ1) is 30.1. The highest BCUT2D eigenvalue weighted by Crippen LogP contribution is 2.75. The lowest BCUT2D eigenvalue weighted by molar-refractivity contribution is -0.126. The van der Waals surface area contributed by atoms with Gasteiger partial charge in [-0.25, -0.2) is 32.2 Å². The van der Waals surface area contributed by atoms with Gasteiger partial charge in [0.05, 0.1) is 31.4 Å². The number of carbonyl (C=O) groups excluding carboxylic acids is 4. The minimum Gasteiger partial charge on any atom is -0.390 e. The van der Waals surface area contributed by atoms with Crippen molar-refractivity contribution in [2.24, 2.45) is 0 Å². The van der Waals surface area contributed by atoms with Crippen LogP contribution in [-0.2, 0) is 77.1 Å². The van der Waals surface area contributed by atoms with Crippen LogP contribution in [0.3, 0.4) is 0 Å². The number of carbonyl (C=O) groups is 4. The lowest BCUT2D eigenvalue weighted by atomic mass is 9.96. The number of ether oxygens (including phenoxy) is 1. The Morgan fingerprint density at radius 1 is 0.662 bits per heavy atom. The minimum absolute atomic E-state index is 0.0335. The molecule has 0 aromatic rings. The predicted octanol–water partition coefficient (Wildman–Crippen LogP) is 0.764. The molecule has 3 fully saturated rings. The number of phosphoric acid groups is 6. The molecule has 12 atom stereocenters. The highest BCUT2D eigenvalue weighted by atomic mass is 32.2. The van der Waals surface area contributed by atoms with Gasteiger partial charge in [0.15, 0.2) is 0 Å². The number of aliphatic hydroxyl groups excluding tert-OH is 1. The summed E-state index contributed by atoms with van der Waals surface area (Å²) in [6.45, 7) is -0.960. The van der Waals surface area contributed by atoms with Gasteiger partial charge in [-0.05, 0) is 32.1 Å². The van der Waals surface area contributed by atoms with Gasteiger partial charge in [0.1, 0.15) is 14.0 Å². The van der Waals surface area contributed by atoms with Crippen LogP contribution < -0.4 is 26.6 Å². The lowest BCUT2D eigenvalue weighted by Crippen LogP contribution is -2.36. The maximum absolute atomic E-state index is 12.1. The Bertz CT molecular complexity index is 1940. The highest BCUT2D eigenvalue weighted by Gasteiger charge is 2.50. The zero-order valence-electron chi connectivity index (χ0n) is 34.1. The Kier molecular flexibility index (Phi) is 23.4. The molecule has 0 aromatic carbocycles. The van der Waals surface area contributed by atoms with Crippen LogP contribution in [0.1, 0.15) is 70.6 Å². The van der Waals surface area contributed by atoms with E-state index in [2.05, 4.69) is 57.2 Å². The standard InChI is InChI=1S/C27H52BN5O25P6S/c28-22-15-19(34)20(53-22)16-52-60(41,42)55-62(45,46)57-64(49,50)58-63(47,48)56-61(43,44)54-59(39,40)51-14-6-2-1-5-11-29-24(36)9-10-25(37)31-13-12-30-23(35)8-4-3-7-21-26-18(17-65-21)32-27(38)33-26/h18-22,26,34H,1-17H2,(H,29,36)(H,30,35)(H,31,37)(H,39,40)(H,41,42)(H,43,44)(H,45,46)(H,47,48)(H,49,50)(H2,32,33,38)/t18-,19+,20?,21-,22+,26-/m0/s1. The molecule has 3 aliphatic rings. The van der Waals surface area contributed by atoms with E-state index in [0.29, 0.717) is 37.4 Å². The summed E-state index contributed by atoms with van der Waals surface area (Å²) in [5, 5.41) is 23.8. The van der Waals surface area contributed by atoms with Crippen LogP contribution in [0.4, 0.5) is 4.79 Å². The zero-order chi connectivity index (χ0) is 48.7. The van der Waals surface area contributed by atoms with Crippen molar-refractivity contribution < 1.29 is 116 Å². The van der Waals surface area contributed by atoms with Gasteiger partial charge in [-0.15, -0.1) is 0 Å². The van der Waals surface area contributed by atoms with Crippen molar-refractivity contribution in [3.05, 3.63) is 0 Å². The van der Waals surface area contributed by atoms with Crippen LogP contribution in [0.15, 0.2) is 0 Å². The molecule has 0 spiro atoms. The third-order valence-electron chi connectivity index (χ3n) is 8.76. The van der Waals surface area contributed by atoms with Gasteiger partial charge in [0.2, 0.25) is 17.7 Å². The average Bonchev–Trinajstić information content (AvgIpc) is 3.80. The van der Waals surface area contributed by atoms with Crippen molar-refractivity contribution in [3.63, 3.8) is 0 Å². The molecule has 5 amide bonds. The molecule has 0 aromatic heterocycles. The Morgan fingerprint density at radius 3 is 1.69 bits per heavy atom. The van der Waals surface area contributed by atoms with E-state index >= 15 is 0 Å². The van der Waals surface area contributed by atoms with Crippen molar-refractivity contribution in [1.29, 1.82) is 0 Å². The molecule has 12 N–H and O–H groups in total. The number of nitrogens with one attached hydrogen (secondary N) is 5. The average molecular weight is 1080 g/mol. The number of urea groups is 1. The van der Waals surface area contributed by atoms with E-state index in [1.165, 1.54) is 0 Å². The summed E-state index contributed by atoms with van der Waals surface area (Å²) >= 11 is 1.81. The number of phosphoric ester groups is 2. The molecular weight excluding hydrogens is 1020 g/mol. The molecule has 374 valence electrons. The monoisotopic (exact) mass is 1080 g/mol. The van der Waals surface area contributed by atoms with Crippen LogP contribution in [0, 0.1) is 0 Å². The maximum Gasteiger partial charge on any atom is 0.490 e. The number of hydrogen-bond acceptors (Lipinski definition) is 20. The normalized spacial score (nSPS) is 27.3. The number of unbranched alkanes of at least 4 members (excludes halogenated alkanes) is 4. The van der Waals surface area contributed by atoms with Gasteiger partial charge in [-0.1, -0.05) is 19.3 Å². The molecule has 3 aliphatic heterocycles. The molecule has 3 rings (SSSR count). The summed E-state index contributed by atoms with van der Waals surface area (Å²) in [4.78, 5) is 105. The topological polar surface area (TPSA) is 446 Å². The second-order valence-electron chi connectivity index (χ2n) is 14.2. The fourth-order valence-corrected chi connectivity index (χ4v) is 15.4. The number of rotatable bonds is 32. The molecule has 2 radical (unpaired) electrons. The van der Waals surface area contributed by atoms with Crippen molar-refractivity contribution in [3.8, 4) is 0 Å².